The summed E-state index contributed by atoms with van der Waals surface area (Å²) < 4.78 is 25.9. The van der Waals surface area contributed by atoms with E-state index in [9.17, 15) is 18.0 Å². The van der Waals surface area contributed by atoms with E-state index in [2.05, 4.69) is 5.32 Å². The molecule has 1 heterocycles. The minimum atomic E-state index is -3.70. The van der Waals surface area contributed by atoms with Gasteiger partial charge >= 0.3 is 0 Å². The fraction of sp³-hybridized carbons (Fsp3) is 0.250. The molecule has 0 spiro atoms. The number of carbonyl (C=O) groups excluding carboxylic acids is 2. The van der Waals surface area contributed by atoms with Gasteiger partial charge in [-0.3, -0.25) is 9.59 Å². The van der Waals surface area contributed by atoms with Gasteiger partial charge in [-0.15, -0.1) is 11.3 Å². The molecule has 2 aromatic rings. The molecule has 0 saturated heterocycles. The van der Waals surface area contributed by atoms with Crippen molar-refractivity contribution in [3.63, 3.8) is 0 Å². The molecular formula is C16H19N3O4S3. The summed E-state index contributed by atoms with van der Waals surface area (Å²) in [6.45, 7) is -0.332. The Bertz CT molecular complexity index is 880. The third kappa shape index (κ3) is 5.07. The van der Waals surface area contributed by atoms with Gasteiger partial charge in [0.25, 0.3) is 15.3 Å². The summed E-state index contributed by atoms with van der Waals surface area (Å²) >= 11 is 2.08. The zero-order valence-electron chi connectivity index (χ0n) is 14.5. The van der Waals surface area contributed by atoms with Gasteiger partial charge in [-0.2, -0.15) is 4.31 Å². The zero-order chi connectivity index (χ0) is 19.3. The number of carbonyl (C=O) groups is 2. The maximum Gasteiger partial charge on any atom is 0.286 e. The number of hydrogen-bond acceptors (Lipinski definition) is 6. The topological polar surface area (TPSA) is 86.8 Å². The van der Waals surface area contributed by atoms with Gasteiger partial charge in [0.1, 0.15) is 4.21 Å². The maximum absolute atomic E-state index is 12.4. The number of anilines is 1. The van der Waals surface area contributed by atoms with Crippen LogP contribution in [0, 0.1) is 0 Å². The normalized spacial score (nSPS) is 11.4. The van der Waals surface area contributed by atoms with Crippen molar-refractivity contribution < 1.29 is 18.0 Å². The van der Waals surface area contributed by atoms with Crippen LogP contribution in [0.5, 0.6) is 0 Å². The second-order valence-electron chi connectivity index (χ2n) is 5.50. The van der Waals surface area contributed by atoms with Crippen molar-refractivity contribution in [1.82, 2.24) is 9.21 Å². The van der Waals surface area contributed by atoms with E-state index in [1.54, 1.807) is 49.8 Å². The fourth-order valence-electron chi connectivity index (χ4n) is 1.89. The van der Waals surface area contributed by atoms with Crippen LogP contribution in [0.1, 0.15) is 0 Å². The number of benzene rings is 1. The Morgan fingerprint density at radius 2 is 1.81 bits per heavy atom. The van der Waals surface area contributed by atoms with Crippen LogP contribution in [-0.2, 0) is 14.8 Å². The monoisotopic (exact) mass is 413 g/mol. The number of nitrogens with zero attached hydrogens (tertiary/aromatic N) is 2. The number of thiophene rings is 1. The highest BCUT2D eigenvalue weighted by Gasteiger charge is 2.24. The van der Waals surface area contributed by atoms with Gasteiger partial charge in [-0.25, -0.2) is 8.42 Å². The van der Waals surface area contributed by atoms with Gasteiger partial charge in [0, 0.05) is 26.0 Å². The number of para-hydroxylation sites is 1. The summed E-state index contributed by atoms with van der Waals surface area (Å²) in [7, 11) is 0.933. The number of hydrogen-bond donors (Lipinski definition) is 1. The fourth-order valence-corrected chi connectivity index (χ4v) is 4.96. The molecule has 26 heavy (non-hydrogen) atoms. The first-order valence-corrected chi connectivity index (χ1v) is 10.6. The van der Waals surface area contributed by atoms with E-state index in [4.69, 9.17) is 0 Å². The first kappa shape index (κ1) is 20.4. The predicted octanol–water partition coefficient (Wildman–Crippen LogP) is 2.78. The van der Waals surface area contributed by atoms with Crippen LogP contribution in [0.3, 0.4) is 0 Å². The molecule has 0 aliphatic heterocycles. The van der Waals surface area contributed by atoms with E-state index in [0.717, 1.165) is 27.4 Å². The summed E-state index contributed by atoms with van der Waals surface area (Å²) in [5, 5.41) is 4.16. The smallest absolute Gasteiger partial charge is 0.286 e. The Morgan fingerprint density at radius 1 is 1.12 bits per heavy atom. The molecule has 1 aromatic heterocycles. The second-order valence-corrected chi connectivity index (χ2v) is 9.71. The van der Waals surface area contributed by atoms with Gasteiger partial charge in [0.05, 0.1) is 12.2 Å². The van der Waals surface area contributed by atoms with Crippen LogP contribution < -0.4 is 5.32 Å². The largest absolute Gasteiger partial charge is 0.339 e. The van der Waals surface area contributed by atoms with Crippen molar-refractivity contribution >= 4 is 50.0 Å². The quantitative estimate of drug-likeness (QED) is 0.736. The van der Waals surface area contributed by atoms with E-state index < -0.39 is 15.9 Å². The lowest BCUT2D eigenvalue weighted by atomic mass is 10.3. The Kier molecular flexibility index (Phi) is 6.81. The van der Waals surface area contributed by atoms with Gasteiger partial charge < -0.3 is 10.2 Å². The lowest BCUT2D eigenvalue weighted by Gasteiger charge is -2.17. The molecule has 0 aliphatic carbocycles. The molecule has 0 unspecified atom stereocenters. The Labute approximate surface area is 161 Å². The van der Waals surface area contributed by atoms with Gasteiger partial charge in [-0.1, -0.05) is 18.2 Å². The molecule has 0 bridgehead atoms. The van der Waals surface area contributed by atoms with Crippen LogP contribution in [0.25, 0.3) is 0 Å². The van der Waals surface area contributed by atoms with Gasteiger partial charge in [0.15, 0.2) is 0 Å². The van der Waals surface area contributed by atoms with E-state index in [1.165, 1.54) is 18.0 Å². The molecule has 7 nitrogen and oxygen atoms in total. The molecular weight excluding hydrogens is 394 g/mol. The number of amides is 2. The van der Waals surface area contributed by atoms with Gasteiger partial charge in [0.2, 0.25) is 5.91 Å². The highest BCUT2D eigenvalue weighted by Crippen LogP contribution is 2.28. The molecule has 1 aromatic carbocycles. The van der Waals surface area contributed by atoms with Gasteiger partial charge in [-0.05, 0) is 35.3 Å². The average Bonchev–Trinajstić information content (AvgIpc) is 3.11. The molecule has 140 valence electrons. The molecule has 2 rings (SSSR count). The van der Waals surface area contributed by atoms with E-state index >= 15 is 0 Å². The van der Waals surface area contributed by atoms with Crippen molar-refractivity contribution in [2.24, 2.45) is 0 Å². The molecule has 0 saturated carbocycles. The lowest BCUT2D eigenvalue weighted by Crippen LogP contribution is -2.34. The summed E-state index contributed by atoms with van der Waals surface area (Å²) in [6, 6.07) is 10.00. The average molecular weight is 414 g/mol. The van der Waals surface area contributed by atoms with Crippen LogP contribution >= 0.6 is 23.1 Å². The van der Waals surface area contributed by atoms with Crippen molar-refractivity contribution in [3.8, 4) is 0 Å². The SMILES string of the molecule is CN(C)C(=O)Sc1ccccc1NC(=O)CN(C)S(=O)(=O)c1cccs1. The second kappa shape index (κ2) is 8.67. The standard InChI is InChI=1S/C16H19N3O4S3/c1-18(2)16(21)25-13-8-5-4-7-12(13)17-14(20)11-19(3)26(22,23)15-9-6-10-24-15/h4-10H,11H2,1-3H3,(H,17,20). The lowest BCUT2D eigenvalue weighted by molar-refractivity contribution is -0.116. The Morgan fingerprint density at radius 3 is 2.42 bits per heavy atom. The Balaban J connectivity index is 2.07. The molecule has 1 N–H and O–H groups in total. The number of nitrogens with one attached hydrogen (secondary N) is 1. The number of rotatable bonds is 6. The minimum absolute atomic E-state index is 0.177. The zero-order valence-corrected chi connectivity index (χ0v) is 17.0. The van der Waals surface area contributed by atoms with Crippen LogP contribution in [0.4, 0.5) is 10.5 Å². The third-order valence-corrected chi connectivity index (χ3v) is 7.54. The summed E-state index contributed by atoms with van der Waals surface area (Å²) in [5.74, 6) is -0.488. The molecule has 10 heteroatoms. The number of likely N-dealkylation sites (N-methyl/N-ethyl adjacent to an activating group) is 1. The third-order valence-electron chi connectivity index (χ3n) is 3.25. The molecule has 0 radical (unpaired) electrons. The highest BCUT2D eigenvalue weighted by molar-refractivity contribution is 8.13. The van der Waals surface area contributed by atoms with E-state index in [1.807, 2.05) is 0 Å². The Hall–Kier alpha value is -1.88. The number of thioether (sulfide) groups is 1. The van der Waals surface area contributed by atoms with Crippen LogP contribution in [-0.4, -0.2) is 56.5 Å². The summed E-state index contributed by atoms with van der Waals surface area (Å²) in [6.07, 6.45) is 0. The minimum Gasteiger partial charge on any atom is -0.339 e. The molecule has 0 atom stereocenters. The van der Waals surface area contributed by atoms with Crippen molar-refractivity contribution in [3.05, 3.63) is 41.8 Å². The molecule has 0 aliphatic rings. The highest BCUT2D eigenvalue weighted by atomic mass is 32.2. The first-order valence-electron chi connectivity index (χ1n) is 7.49. The van der Waals surface area contributed by atoms with Crippen LogP contribution in [0.2, 0.25) is 0 Å². The van der Waals surface area contributed by atoms with Crippen molar-refractivity contribution in [2.75, 3.05) is 33.0 Å². The summed E-state index contributed by atoms with van der Waals surface area (Å²) in [5.41, 5.74) is 0.458. The van der Waals surface area contributed by atoms with Crippen molar-refractivity contribution in [2.45, 2.75) is 9.10 Å². The first-order chi connectivity index (χ1) is 12.2. The molecule has 2 amide bonds. The van der Waals surface area contributed by atoms with E-state index in [-0.39, 0.29) is 16.0 Å². The molecule has 0 fully saturated rings. The number of sulfonamides is 1. The van der Waals surface area contributed by atoms with Crippen molar-refractivity contribution in [1.29, 1.82) is 0 Å². The maximum atomic E-state index is 12.4. The van der Waals surface area contributed by atoms with E-state index in [0.29, 0.717) is 10.6 Å². The predicted molar refractivity (Wildman–Crippen MR) is 104 cm³/mol. The summed E-state index contributed by atoms with van der Waals surface area (Å²) in [4.78, 5) is 26.2. The van der Waals surface area contributed by atoms with Crippen LogP contribution in [0.15, 0.2) is 50.9 Å².